The van der Waals surface area contributed by atoms with E-state index in [1.54, 1.807) is 19.1 Å². The number of rotatable bonds is 7. The molecule has 0 fully saturated rings. The number of primary sulfonamides is 1. The number of nitrogens with two attached hydrogens (primary N) is 1. The maximum atomic E-state index is 12.4. The van der Waals surface area contributed by atoms with Gasteiger partial charge in [0, 0.05) is 10.7 Å². The lowest BCUT2D eigenvalue weighted by molar-refractivity contribution is -0.118. The third-order valence-corrected chi connectivity index (χ3v) is 5.18. The number of hydrogen-bond acceptors (Lipinski definition) is 7. The highest BCUT2D eigenvalue weighted by Crippen LogP contribution is 2.33. The number of carbonyl (C=O) groups excluding carboxylic acids is 1. The molecule has 3 rings (SSSR count). The van der Waals surface area contributed by atoms with Crippen molar-refractivity contribution in [3.63, 3.8) is 0 Å². The van der Waals surface area contributed by atoms with Crippen molar-refractivity contribution in [1.82, 2.24) is 9.97 Å². The van der Waals surface area contributed by atoms with Gasteiger partial charge in [-0.25, -0.2) is 28.4 Å². The van der Waals surface area contributed by atoms with Crippen molar-refractivity contribution < 1.29 is 22.7 Å². The first-order valence-corrected chi connectivity index (χ1v) is 11.2. The van der Waals surface area contributed by atoms with Gasteiger partial charge >= 0.3 is 0 Å². The lowest BCUT2D eigenvalue weighted by atomic mass is 10.3. The van der Waals surface area contributed by atoms with Gasteiger partial charge in [0.25, 0.3) is 21.8 Å². The highest BCUT2D eigenvalue weighted by Gasteiger charge is 2.15. The minimum Gasteiger partial charge on any atom is -0.478 e. The van der Waals surface area contributed by atoms with Gasteiger partial charge in [-0.3, -0.25) is 4.79 Å². The molecule has 33 heavy (non-hydrogen) atoms. The normalized spacial score (nSPS) is 10.9. The van der Waals surface area contributed by atoms with E-state index in [1.807, 2.05) is 0 Å². The van der Waals surface area contributed by atoms with Gasteiger partial charge in [-0.05, 0) is 56.3 Å². The minimum atomic E-state index is -3.95. The number of carbonyl (C=O) groups is 1. The molecule has 1 aromatic carbocycles. The van der Waals surface area contributed by atoms with E-state index in [9.17, 15) is 13.2 Å². The van der Waals surface area contributed by atoms with Gasteiger partial charge in [0.2, 0.25) is 0 Å². The van der Waals surface area contributed by atoms with Crippen molar-refractivity contribution in [1.29, 1.82) is 0 Å². The van der Waals surface area contributed by atoms with Crippen molar-refractivity contribution in [3.05, 3.63) is 70.3 Å². The zero-order chi connectivity index (χ0) is 24.2. The summed E-state index contributed by atoms with van der Waals surface area (Å²) in [5.41, 5.74) is 1.52. The SMILES string of the molecule is [C-]#[N+]c1cc(Cl)cc(Oc2nc(C)ccc2OCC(=O)Nc2ccc(S(N)(=O)=O)nc2C)c1. The van der Waals surface area contributed by atoms with E-state index in [0.29, 0.717) is 22.1 Å². The standard InChI is InChI=1S/C21H18ClN5O5S/c1-12-4-6-18(21(25-12)32-16-9-14(22)8-15(10-16)24-3)31-11-19(28)27-17-5-7-20(26-13(17)2)33(23,29)30/h4-10H,11H2,1-2H3,(H,27,28)(H2,23,29,30). The molecule has 10 nitrogen and oxygen atoms in total. The first-order chi connectivity index (χ1) is 15.5. The van der Waals surface area contributed by atoms with E-state index < -0.39 is 15.9 Å². The van der Waals surface area contributed by atoms with Gasteiger partial charge in [0.1, 0.15) is 5.75 Å². The van der Waals surface area contributed by atoms with Crippen LogP contribution in [-0.2, 0) is 14.8 Å². The van der Waals surface area contributed by atoms with Crippen LogP contribution in [0.3, 0.4) is 0 Å². The second-order valence-corrected chi connectivity index (χ2v) is 8.72. The van der Waals surface area contributed by atoms with E-state index in [2.05, 4.69) is 20.1 Å². The van der Waals surface area contributed by atoms with E-state index >= 15 is 0 Å². The molecule has 2 heterocycles. The van der Waals surface area contributed by atoms with Crippen molar-refractivity contribution in [2.75, 3.05) is 11.9 Å². The van der Waals surface area contributed by atoms with Crippen molar-refractivity contribution >= 4 is 38.9 Å². The average Bonchev–Trinajstić information content (AvgIpc) is 2.73. The minimum absolute atomic E-state index is 0.0938. The monoisotopic (exact) mass is 487 g/mol. The Morgan fingerprint density at radius 2 is 1.94 bits per heavy atom. The fourth-order valence-electron chi connectivity index (χ4n) is 2.64. The predicted octanol–water partition coefficient (Wildman–Crippen LogP) is 3.75. The number of aromatic nitrogens is 2. The number of nitrogens with zero attached hydrogens (tertiary/aromatic N) is 3. The Labute approximate surface area is 195 Å². The van der Waals surface area contributed by atoms with Gasteiger partial charge in [0.15, 0.2) is 23.1 Å². The Bertz CT molecular complexity index is 1370. The lowest BCUT2D eigenvalue weighted by Gasteiger charge is -2.13. The quantitative estimate of drug-likeness (QED) is 0.484. The Morgan fingerprint density at radius 3 is 2.61 bits per heavy atom. The van der Waals surface area contributed by atoms with Crippen molar-refractivity contribution in [2.24, 2.45) is 5.14 Å². The van der Waals surface area contributed by atoms with E-state index in [1.165, 1.54) is 37.3 Å². The van der Waals surface area contributed by atoms with Crippen LogP contribution in [0.5, 0.6) is 17.4 Å². The van der Waals surface area contributed by atoms with Crippen LogP contribution in [0.25, 0.3) is 4.85 Å². The molecule has 170 valence electrons. The molecular formula is C21H18ClN5O5S. The first kappa shape index (κ1) is 23.9. The number of sulfonamides is 1. The van der Waals surface area contributed by atoms with Crippen LogP contribution in [0.1, 0.15) is 11.4 Å². The van der Waals surface area contributed by atoms with E-state index in [0.717, 1.165) is 0 Å². The third kappa shape index (κ3) is 6.39. The van der Waals surface area contributed by atoms with Gasteiger partial charge in [-0.2, -0.15) is 0 Å². The number of pyridine rings is 2. The summed E-state index contributed by atoms with van der Waals surface area (Å²) in [6.45, 7) is 10.0. The molecule has 0 unspecified atom stereocenters. The van der Waals surface area contributed by atoms with E-state index in [4.69, 9.17) is 32.8 Å². The van der Waals surface area contributed by atoms with Gasteiger partial charge in [-0.1, -0.05) is 11.6 Å². The summed E-state index contributed by atoms with van der Waals surface area (Å²) in [6, 6.07) is 10.4. The van der Waals surface area contributed by atoms with Crippen molar-refractivity contribution in [3.8, 4) is 17.4 Å². The number of anilines is 1. The Balaban J connectivity index is 1.72. The van der Waals surface area contributed by atoms with E-state index in [-0.39, 0.29) is 34.7 Å². The Morgan fingerprint density at radius 1 is 1.18 bits per heavy atom. The van der Waals surface area contributed by atoms with Crippen LogP contribution in [0, 0.1) is 20.4 Å². The summed E-state index contributed by atoms with van der Waals surface area (Å²) < 4.78 is 34.1. The topological polar surface area (TPSA) is 138 Å². The molecule has 3 aromatic rings. The molecule has 0 spiro atoms. The predicted molar refractivity (Wildman–Crippen MR) is 121 cm³/mol. The van der Waals surface area contributed by atoms with Crippen LogP contribution in [0.2, 0.25) is 5.02 Å². The zero-order valence-electron chi connectivity index (χ0n) is 17.5. The molecule has 0 saturated heterocycles. The summed E-state index contributed by atoms with van der Waals surface area (Å²) in [5, 5.41) is 7.67. The Kier molecular flexibility index (Phi) is 7.13. The van der Waals surface area contributed by atoms with Gasteiger partial charge in [0.05, 0.1) is 18.0 Å². The maximum Gasteiger partial charge on any atom is 0.262 e. The largest absolute Gasteiger partial charge is 0.478 e. The average molecular weight is 488 g/mol. The number of amides is 1. The van der Waals surface area contributed by atoms with Gasteiger partial charge < -0.3 is 14.8 Å². The Hall–Kier alpha value is -3.72. The second-order valence-electron chi connectivity index (χ2n) is 6.78. The van der Waals surface area contributed by atoms with Crippen LogP contribution in [0.15, 0.2) is 47.5 Å². The molecule has 3 N–H and O–H groups in total. The lowest BCUT2D eigenvalue weighted by Crippen LogP contribution is -2.22. The summed E-state index contributed by atoms with van der Waals surface area (Å²) in [4.78, 5) is 23.9. The number of nitrogens with one attached hydrogen (secondary N) is 1. The summed E-state index contributed by atoms with van der Waals surface area (Å²) in [7, 11) is -3.95. The first-order valence-electron chi connectivity index (χ1n) is 9.32. The number of aryl methyl sites for hydroxylation is 2. The fraction of sp³-hybridized carbons (Fsp3) is 0.143. The second kappa shape index (κ2) is 9.83. The molecule has 0 atom stereocenters. The number of hydrogen-bond donors (Lipinski definition) is 2. The molecule has 0 aliphatic rings. The number of benzene rings is 1. The fourth-order valence-corrected chi connectivity index (χ4v) is 3.39. The molecule has 0 aliphatic heterocycles. The highest BCUT2D eigenvalue weighted by molar-refractivity contribution is 7.89. The highest BCUT2D eigenvalue weighted by atomic mass is 35.5. The molecule has 0 saturated carbocycles. The smallest absolute Gasteiger partial charge is 0.262 e. The molecular weight excluding hydrogens is 470 g/mol. The van der Waals surface area contributed by atoms with Crippen LogP contribution < -0.4 is 19.9 Å². The summed E-state index contributed by atoms with van der Waals surface area (Å²) in [6.07, 6.45) is 0. The van der Waals surface area contributed by atoms with Crippen molar-refractivity contribution in [2.45, 2.75) is 18.9 Å². The molecule has 0 bridgehead atoms. The summed E-state index contributed by atoms with van der Waals surface area (Å²) >= 11 is 6.02. The third-order valence-electron chi connectivity index (χ3n) is 4.15. The van der Waals surface area contributed by atoms with Crippen LogP contribution in [-0.4, -0.2) is 30.9 Å². The molecule has 0 radical (unpaired) electrons. The maximum absolute atomic E-state index is 12.4. The summed E-state index contributed by atoms with van der Waals surface area (Å²) in [5.74, 6) is 0.0567. The molecule has 2 aromatic heterocycles. The zero-order valence-corrected chi connectivity index (χ0v) is 19.1. The number of ether oxygens (including phenoxy) is 2. The van der Waals surface area contributed by atoms with Crippen LogP contribution in [0.4, 0.5) is 11.4 Å². The molecule has 12 heteroatoms. The molecule has 0 aliphatic carbocycles. The molecule has 1 amide bonds. The number of halogens is 1. The van der Waals surface area contributed by atoms with Crippen LogP contribution >= 0.6 is 11.6 Å². The van der Waals surface area contributed by atoms with Gasteiger partial charge in [-0.15, -0.1) is 0 Å².